The average molecular weight is 1040 g/mol. The van der Waals surface area contributed by atoms with Crippen molar-refractivity contribution in [2.75, 3.05) is 41.0 Å². The maximum absolute atomic E-state index is 14.5. The third-order valence-electron chi connectivity index (χ3n) is 15.9. The van der Waals surface area contributed by atoms with Crippen molar-refractivity contribution in [3.8, 4) is 11.3 Å². The Morgan fingerprint density at radius 3 is 2.27 bits per heavy atom. The first kappa shape index (κ1) is 60.4. The van der Waals surface area contributed by atoms with Gasteiger partial charge in [-0.15, -0.1) is 0 Å². The molecule has 7 N–H and O–H groups in total. The van der Waals surface area contributed by atoms with E-state index in [2.05, 4.69) is 5.32 Å². The van der Waals surface area contributed by atoms with E-state index in [-0.39, 0.29) is 50.5 Å². The lowest BCUT2D eigenvalue weighted by Crippen LogP contribution is -2.61. The number of halogens is 1. The summed E-state index contributed by atoms with van der Waals surface area (Å²) in [7, 11) is 5.07. The van der Waals surface area contributed by atoms with Gasteiger partial charge in [-0.2, -0.15) is 0 Å². The predicted molar refractivity (Wildman–Crippen MR) is 269 cm³/mol. The van der Waals surface area contributed by atoms with E-state index < -0.39 is 121 Å². The fourth-order valence-corrected chi connectivity index (χ4v) is 11.3. The highest BCUT2D eigenvalue weighted by Crippen LogP contribution is 2.40. The van der Waals surface area contributed by atoms with Crippen LogP contribution in [0.25, 0.3) is 11.3 Å². The molecule has 3 aliphatic heterocycles. The monoisotopic (exact) mass is 1040 g/mol. The Labute approximate surface area is 432 Å². The van der Waals surface area contributed by atoms with Crippen molar-refractivity contribution in [1.29, 1.82) is 0 Å². The third kappa shape index (κ3) is 14.7. The van der Waals surface area contributed by atoms with Crippen molar-refractivity contribution in [1.82, 2.24) is 15.1 Å². The van der Waals surface area contributed by atoms with Crippen LogP contribution in [0.3, 0.4) is 0 Å². The molecule has 73 heavy (non-hydrogen) atoms. The number of aliphatic hydroxyl groups excluding tert-OH is 3. The molecule has 2 aromatic rings. The number of nitrogens with zero attached hydrogens (tertiary/aromatic N) is 3. The summed E-state index contributed by atoms with van der Waals surface area (Å²) < 4.78 is 53.5. The molecule has 18 nitrogen and oxygen atoms in total. The number of pyridine rings is 1. The van der Waals surface area contributed by atoms with E-state index in [0.717, 1.165) is 15.9 Å². The lowest BCUT2D eigenvalue weighted by Gasteiger charge is -2.49. The van der Waals surface area contributed by atoms with Crippen LogP contribution in [0, 0.1) is 17.8 Å². The maximum atomic E-state index is 14.5. The van der Waals surface area contributed by atoms with Gasteiger partial charge in [0.2, 0.25) is 12.1 Å². The zero-order valence-electron chi connectivity index (χ0n) is 45.4. The van der Waals surface area contributed by atoms with Gasteiger partial charge >= 0.3 is 5.97 Å². The Morgan fingerprint density at radius 1 is 0.986 bits per heavy atom. The Kier molecular flexibility index (Phi) is 21.2. The number of carbonyl (C=O) groups excluding carboxylic acids is 2. The van der Waals surface area contributed by atoms with Crippen LogP contribution in [0.4, 0.5) is 4.39 Å². The van der Waals surface area contributed by atoms with Gasteiger partial charge in [-0.25, -0.2) is 4.39 Å². The van der Waals surface area contributed by atoms with E-state index in [1.165, 1.54) is 20.2 Å². The largest absolute Gasteiger partial charge is 0.459 e. The van der Waals surface area contributed by atoms with E-state index in [1.807, 2.05) is 61.0 Å². The van der Waals surface area contributed by atoms with E-state index >= 15 is 0 Å². The van der Waals surface area contributed by atoms with Gasteiger partial charge in [-0.05, 0) is 118 Å². The summed E-state index contributed by atoms with van der Waals surface area (Å²) in [5.41, 5.74) is -2.47. The van der Waals surface area contributed by atoms with Crippen molar-refractivity contribution in [3.05, 3.63) is 54.2 Å². The Morgan fingerprint density at radius 2 is 1.66 bits per heavy atom. The molecule has 3 aliphatic rings. The van der Waals surface area contributed by atoms with Crippen molar-refractivity contribution >= 4 is 11.9 Å². The number of amides is 1. The second-order valence-corrected chi connectivity index (χ2v) is 22.2. The molecule has 0 saturated carbocycles. The van der Waals surface area contributed by atoms with Crippen molar-refractivity contribution < 1.29 is 77.9 Å². The minimum Gasteiger partial charge on any atom is -0.459 e. The normalized spacial score (nSPS) is 39.0. The van der Waals surface area contributed by atoms with Crippen molar-refractivity contribution in [2.45, 2.75) is 204 Å². The van der Waals surface area contributed by atoms with Crippen LogP contribution in [0.15, 0.2) is 48.7 Å². The number of carbonyl (C=O) groups is 2. The number of esters is 1. The standard InChI is InChI=1S/C54H87FN4O14/c1-14-42-54(10,66)47(62)35(6)58(12)30-31(2)27-52(8,65)49(33(4)46(34(5)50(64)71-42)72-44-28-53(9,68-13)48(63)36(7)70-44)73-51-45(61)41(25-32(3)69-51)57(11)24-22-43(60)56-39(29-55)26-37-18-20-38(21-19-37)40-17-15-16-23-59(40)67/h15-21,23,31-36,39,41-42,44-49,51,61-63,65-66H,14,22,24-30H2,1-13H3,(H-,56,60,67)/p+1/t31-,32-,33+,34-,35-,36+,39+,41+,42-,44+,45-,46+,47-,48+,49-,51+,52?,53?,54?/m1/s1. The quantitative estimate of drug-likeness (QED) is 0.0768. The van der Waals surface area contributed by atoms with E-state index in [4.69, 9.17) is 28.4 Å². The van der Waals surface area contributed by atoms with Gasteiger partial charge in [0.05, 0.1) is 53.1 Å². The first-order chi connectivity index (χ1) is 34.2. The number of methoxy groups -OCH3 is 1. The molecule has 1 aromatic heterocycles. The fourth-order valence-electron chi connectivity index (χ4n) is 11.3. The molecule has 1 aromatic carbocycles. The summed E-state index contributed by atoms with van der Waals surface area (Å²) >= 11 is 0. The molecular weight excluding hydrogens is 948 g/mol. The molecule has 0 aliphatic carbocycles. The molecule has 19 atom stereocenters. The number of likely N-dealkylation sites (N-methyl/N-ethyl adjacent to an activating group) is 2. The SMILES string of the molecule is CC[C@H]1OC(=O)[C@H](C)[C@@H](O[C@H]2CC(C)(OC)[C@@H](O)[C@H](C)O2)[C@H](C)[C@@H](O[C@@H]2O[C@H](C)C[C@H](N(C)CCC(=O)N[C@H](CF)Cc3ccc(-c4cccc[n+]4O)cc3)[C@H]2O)C(C)(O)C[C@@H](C)CN(C)[C@H](C)[C@@H](O)C1(C)O. The predicted octanol–water partition coefficient (Wildman–Crippen LogP) is 3.55. The zero-order valence-corrected chi connectivity index (χ0v) is 45.4. The van der Waals surface area contributed by atoms with Gasteiger partial charge < -0.3 is 69.1 Å². The van der Waals surface area contributed by atoms with Gasteiger partial charge in [0, 0.05) is 67.9 Å². The Bertz CT molecular complexity index is 2070. The summed E-state index contributed by atoms with van der Waals surface area (Å²) in [5.74, 6) is -3.33. The van der Waals surface area contributed by atoms with Gasteiger partial charge in [-0.1, -0.05) is 32.9 Å². The van der Waals surface area contributed by atoms with E-state index in [0.29, 0.717) is 18.7 Å². The summed E-state index contributed by atoms with van der Waals surface area (Å²) in [6, 6.07) is 10.6. The summed E-state index contributed by atoms with van der Waals surface area (Å²) in [4.78, 5) is 31.6. The molecule has 0 radical (unpaired) electrons. The first-order valence-corrected chi connectivity index (χ1v) is 26.1. The molecule has 414 valence electrons. The minimum atomic E-state index is -1.86. The van der Waals surface area contributed by atoms with E-state index in [1.54, 1.807) is 67.6 Å². The third-order valence-corrected chi connectivity index (χ3v) is 15.9. The van der Waals surface area contributed by atoms with Gasteiger partial charge in [0.1, 0.15) is 36.7 Å². The highest BCUT2D eigenvalue weighted by Gasteiger charge is 2.53. The number of benzene rings is 1. The fraction of sp³-hybridized carbons (Fsp3) is 0.759. The summed E-state index contributed by atoms with van der Waals surface area (Å²) in [6.45, 7) is 17.0. The summed E-state index contributed by atoms with van der Waals surface area (Å²) in [6.07, 6.45) is -8.10. The molecule has 19 heteroatoms. The van der Waals surface area contributed by atoms with Crippen LogP contribution >= 0.6 is 0 Å². The number of nitrogens with one attached hydrogen (secondary N) is 1. The molecule has 4 heterocycles. The molecule has 3 unspecified atom stereocenters. The molecule has 5 rings (SSSR count). The minimum absolute atomic E-state index is 0.000889. The smallest absolute Gasteiger partial charge is 0.311 e. The number of cyclic esters (lactones) is 1. The van der Waals surface area contributed by atoms with Crippen LogP contribution in [0.2, 0.25) is 0 Å². The number of aliphatic hydroxyl groups is 5. The Balaban J connectivity index is 1.39. The number of rotatable bonds is 15. The number of ether oxygens (including phenoxy) is 6. The van der Waals surface area contributed by atoms with Crippen molar-refractivity contribution in [2.24, 2.45) is 17.8 Å². The number of hydrogen-bond donors (Lipinski definition) is 7. The van der Waals surface area contributed by atoms with Crippen LogP contribution < -0.4 is 10.0 Å². The highest BCUT2D eigenvalue weighted by atomic mass is 19.1. The molecule has 3 fully saturated rings. The molecule has 0 bridgehead atoms. The van der Waals surface area contributed by atoms with Crippen molar-refractivity contribution in [3.63, 3.8) is 0 Å². The second-order valence-electron chi connectivity index (χ2n) is 22.2. The second kappa shape index (κ2) is 25.6. The van der Waals surface area contributed by atoms with Gasteiger partial charge in [0.15, 0.2) is 12.6 Å². The maximum Gasteiger partial charge on any atom is 0.311 e. The molecule has 0 spiro atoms. The average Bonchev–Trinajstić information content (AvgIpc) is 3.34. The van der Waals surface area contributed by atoms with Crippen LogP contribution in [0.1, 0.15) is 107 Å². The first-order valence-electron chi connectivity index (χ1n) is 26.1. The molecule has 1 amide bonds. The van der Waals surface area contributed by atoms with Gasteiger partial charge in [-0.3, -0.25) is 14.8 Å². The lowest BCUT2D eigenvalue weighted by atomic mass is 9.77. The number of hydrogen-bond acceptors (Lipinski definition) is 16. The topological polar surface area (TPSA) is 233 Å². The summed E-state index contributed by atoms with van der Waals surface area (Å²) in [5, 5.41) is 72.6. The molecule has 3 saturated heterocycles. The lowest BCUT2D eigenvalue weighted by molar-refractivity contribution is -0.896. The number of aromatic nitrogens is 1. The van der Waals surface area contributed by atoms with Gasteiger partial charge in [0.25, 0.3) is 5.69 Å². The zero-order chi connectivity index (χ0) is 54.3. The van der Waals surface area contributed by atoms with Crippen LogP contribution in [-0.2, 0) is 44.4 Å². The Hall–Kier alpha value is -3.44. The highest BCUT2D eigenvalue weighted by molar-refractivity contribution is 5.76. The number of alkyl halides is 1. The van der Waals surface area contributed by atoms with Crippen LogP contribution in [0.5, 0.6) is 0 Å². The van der Waals surface area contributed by atoms with E-state index in [9.17, 15) is 44.7 Å². The molecular formula is C54H88FN4O14+. The van der Waals surface area contributed by atoms with Crippen LogP contribution in [-0.4, -0.2) is 190 Å².